The van der Waals surface area contributed by atoms with Gasteiger partial charge >= 0.3 is 0 Å². The van der Waals surface area contributed by atoms with Crippen LogP contribution in [0.4, 0.5) is 29.4 Å². The van der Waals surface area contributed by atoms with E-state index in [2.05, 4.69) is 154 Å². The first kappa shape index (κ1) is 200. The minimum Gasteiger partial charge on any atom is -0.225 e. The topological polar surface area (TPSA) is 0 Å². The summed E-state index contributed by atoms with van der Waals surface area (Å²) in [6.45, 7) is 0. The van der Waals surface area contributed by atoms with E-state index in [-0.39, 0.29) is 426 Å². The monoisotopic (exact) mass is 3550 g/mol. The van der Waals surface area contributed by atoms with Crippen LogP contribution in [-0.4, -0.2) is 0 Å². The van der Waals surface area contributed by atoms with Gasteiger partial charge in [-0.25, -0.2) is 29.4 Å². The Morgan fingerprint density at radius 3 is 0.286 bits per heavy atom. The summed E-state index contributed by atoms with van der Waals surface area (Å²) in [5.41, 5.74) is 8.74. The van der Waals surface area contributed by atoms with Crippen LogP contribution >= 0.6 is 251 Å². The van der Waals surface area contributed by atoms with Crippen molar-refractivity contribution >= 4 is 251 Å². The SMILES string of the molecule is C.C.C.C.C.C.C.C.C.C.C.C.C.C.C.C.C.C.C.C.C.FPP(I)Cc1ccccc1.FPP(I)Cc1ccccc1.FPP(I)Cc1ccccc1.FPP(I)Cc1ccccc1.FPP(I)Cc1ccccc1.FPP(I)Cc1ccccc1.FPP(I)Cc1ccccc1.[Tb].[Tb].[Tb].[Tb].[Tb].[Tb].[Tb]. The van der Waals surface area contributed by atoms with Gasteiger partial charge in [0.15, 0.2) is 0 Å². The summed E-state index contributed by atoms with van der Waals surface area (Å²) in [5.74, 6) is 0. The van der Waals surface area contributed by atoms with E-state index in [9.17, 15) is 29.4 Å². The van der Waals surface area contributed by atoms with Crippen molar-refractivity contribution in [1.82, 2.24) is 0 Å². The van der Waals surface area contributed by atoms with E-state index in [0.29, 0.717) is 0 Å². The van der Waals surface area contributed by atoms with E-state index in [1.54, 1.807) is 0 Å². The van der Waals surface area contributed by atoms with Crippen molar-refractivity contribution in [3.05, 3.63) is 251 Å². The quantitative estimate of drug-likeness (QED) is 0.0382. The van der Waals surface area contributed by atoms with E-state index in [1.807, 2.05) is 212 Å². The molecule has 0 saturated heterocycles. The normalized spacial score (nSPS) is 10.3. The molecule has 35 heteroatoms. The summed E-state index contributed by atoms with van der Waals surface area (Å²) in [6, 6.07) is 70.5. The molecule has 0 bridgehead atoms. The molecule has 0 spiro atoms. The van der Waals surface area contributed by atoms with Gasteiger partial charge in [0, 0.05) is 350 Å². The zero-order chi connectivity index (χ0) is 56.7. The molecule has 0 N–H and O–H groups in total. The van der Waals surface area contributed by atoms with Crippen LogP contribution in [0.2, 0.25) is 0 Å². The molecule has 0 aliphatic heterocycles. The van der Waals surface area contributed by atoms with Crippen molar-refractivity contribution in [2.75, 3.05) is 0 Å². The van der Waals surface area contributed by atoms with Gasteiger partial charge in [-0.3, -0.25) is 0 Å². The molecule has 14 unspecified atom stereocenters. The maximum absolute atomic E-state index is 12.1. The van der Waals surface area contributed by atoms with E-state index in [4.69, 9.17) is 0 Å². The molecule has 0 aromatic heterocycles. The summed E-state index contributed by atoms with van der Waals surface area (Å²) in [5, 5.41) is -2.96. The first-order valence-corrected chi connectivity index (χ1v) is 64.4. The molecule has 651 valence electrons. The van der Waals surface area contributed by atoms with Gasteiger partial charge < -0.3 is 0 Å². The summed E-state index contributed by atoms with van der Waals surface area (Å²) in [6.07, 6.45) is 6.36. The molecule has 7 radical (unpaired) electrons. The van der Waals surface area contributed by atoms with E-state index in [1.165, 1.54) is 38.9 Å². The van der Waals surface area contributed by atoms with Gasteiger partial charge in [-0.1, -0.05) is 368 Å². The largest absolute Gasteiger partial charge is 0.225 e. The zero-order valence-electron chi connectivity index (χ0n) is 42.9. The fourth-order valence-corrected chi connectivity index (χ4v) is 22.9. The summed E-state index contributed by atoms with van der Waals surface area (Å²) >= 11 is 15.5. The summed E-state index contributed by atoms with van der Waals surface area (Å²) in [7, 11) is -2.74. The number of benzene rings is 7. The van der Waals surface area contributed by atoms with Crippen LogP contribution in [0, 0.1) is 270 Å². The van der Waals surface area contributed by atoms with E-state index in [0.717, 1.165) is 43.1 Å². The molecule has 105 heavy (non-hydrogen) atoms. The molecule has 0 heterocycles. The molecular weight excluding hydrogens is 3410 g/mol. The van der Waals surface area contributed by atoms with Crippen molar-refractivity contribution in [3.8, 4) is 0 Å². The minimum absolute atomic E-state index is 0. The van der Waals surface area contributed by atoms with Crippen molar-refractivity contribution < 1.29 is 300 Å². The van der Waals surface area contributed by atoms with Gasteiger partial charge in [0.1, 0.15) is 60.1 Å². The van der Waals surface area contributed by atoms with E-state index >= 15 is 0 Å². The van der Waals surface area contributed by atoms with Crippen molar-refractivity contribution in [3.63, 3.8) is 0 Å². The standard InChI is InChI=1S/7C7H8FIP2.21CH4.7Tb/c7*8-10-11(9)6-7-4-2-1-3-5-7;;;;;;;;;;;;;;;;;;;;;;;;;;;;/h7*1-5,10H,6H2;21*1H4;;;;;;;. The van der Waals surface area contributed by atoms with Crippen LogP contribution in [0.25, 0.3) is 0 Å². The fourth-order valence-electron chi connectivity index (χ4n) is 5.42. The predicted octanol–water partition coefficient (Wildman–Crippen LogP) is 44.8. The molecule has 0 aliphatic rings. The van der Waals surface area contributed by atoms with Crippen LogP contribution in [-0.2, 0) is 43.1 Å². The van der Waals surface area contributed by atoms with Crippen LogP contribution in [0.1, 0.15) is 195 Å². The Morgan fingerprint density at radius 1 is 0.162 bits per heavy atom. The van der Waals surface area contributed by atoms with Crippen LogP contribution in [0.5, 0.6) is 0 Å². The third kappa shape index (κ3) is 127. The molecular formula is C70H140F7I7P14Tb7. The molecule has 0 nitrogen and oxygen atoms in total. The second-order valence-corrected chi connectivity index (χ2v) is 81.6. The Morgan fingerprint density at radius 2 is 0.229 bits per heavy atom. The second-order valence-electron chi connectivity index (χ2n) is 14.6. The Kier molecular flexibility index (Phi) is 280. The Bertz CT molecular complexity index is 1950. The minimum atomic E-state index is -0.424. The van der Waals surface area contributed by atoms with Crippen LogP contribution in [0.15, 0.2) is 212 Å². The Labute approximate surface area is 979 Å². The molecule has 0 fully saturated rings. The average Bonchev–Trinajstić information content (AvgIpc) is 3.47. The van der Waals surface area contributed by atoms with Gasteiger partial charge in [0.05, 0.1) is 0 Å². The smallest absolute Gasteiger partial charge is 0.102 e. The fraction of sp³-hybridized carbons (Fsp3) is 0.400. The number of halogens is 14. The predicted molar refractivity (Wildman–Crippen MR) is 565 cm³/mol. The molecule has 7 aromatic carbocycles. The molecule has 0 saturated carbocycles. The van der Waals surface area contributed by atoms with Crippen molar-refractivity contribution in [1.29, 1.82) is 0 Å². The van der Waals surface area contributed by atoms with Gasteiger partial charge in [-0.05, 0) is 193 Å². The van der Waals surface area contributed by atoms with Crippen LogP contribution in [0.3, 0.4) is 0 Å². The third-order valence-corrected chi connectivity index (χ3v) is 40.4. The second kappa shape index (κ2) is 147. The van der Waals surface area contributed by atoms with Crippen LogP contribution < -0.4 is 0 Å². The Balaban J connectivity index is -0.0000000243. The average molecular weight is 3550 g/mol. The van der Waals surface area contributed by atoms with E-state index < -0.39 is 96.8 Å². The maximum Gasteiger partial charge on any atom is 0.102 e. The first-order valence-electron chi connectivity index (χ1n) is 22.1. The molecule has 7 rings (SSSR count). The molecule has 0 aliphatic carbocycles. The Hall–Kier alpha value is 14.2. The summed E-state index contributed by atoms with van der Waals surface area (Å²) < 4.78 is 84.8. The number of hydrogen-bond donors (Lipinski definition) is 0. The van der Waals surface area contributed by atoms with Gasteiger partial charge in [-0.15, -0.1) is 0 Å². The molecule has 7 aromatic rings. The van der Waals surface area contributed by atoms with Gasteiger partial charge in [-0.2, -0.15) is 0 Å². The maximum atomic E-state index is 12.1. The van der Waals surface area contributed by atoms with Crippen molar-refractivity contribution in [2.45, 2.75) is 199 Å². The first-order chi connectivity index (χ1) is 37.3. The number of hydrogen-bond acceptors (Lipinski definition) is 0. The third-order valence-electron chi connectivity index (χ3n) is 8.79. The van der Waals surface area contributed by atoms with Gasteiger partial charge in [0.2, 0.25) is 0 Å². The zero-order valence-corrected chi connectivity index (χ0v) is 86.2. The van der Waals surface area contributed by atoms with Gasteiger partial charge in [0.25, 0.3) is 0 Å². The number of rotatable bonds is 21. The molecule has 0 amide bonds. The molecule has 14 atom stereocenters. The van der Waals surface area contributed by atoms with Crippen molar-refractivity contribution in [2.24, 2.45) is 0 Å². The summed E-state index contributed by atoms with van der Waals surface area (Å²) in [4.78, 5) is 0.